The van der Waals surface area contributed by atoms with Gasteiger partial charge in [0.1, 0.15) is 5.75 Å². The van der Waals surface area contributed by atoms with Gasteiger partial charge in [0.25, 0.3) is 32.1 Å². The molecule has 2 aliphatic rings. The molecule has 1 atom stereocenters. The number of carbonyl (C=O) groups is 3. The normalized spacial score (nSPS) is 16.4. The number of allylic oxidation sites excluding steroid dienone is 7. The fourth-order valence-electron chi connectivity index (χ4n) is 8.84. The molecule has 2 aliphatic heterocycles. The van der Waals surface area contributed by atoms with Crippen molar-refractivity contribution in [2.75, 3.05) is 168 Å². The van der Waals surface area contributed by atoms with Crippen LogP contribution in [-0.4, -0.2) is 212 Å². The van der Waals surface area contributed by atoms with E-state index in [0.29, 0.717) is 171 Å². The summed E-state index contributed by atoms with van der Waals surface area (Å²) in [6, 6.07) is 9.35. The summed E-state index contributed by atoms with van der Waals surface area (Å²) in [5.41, 5.74) is 2.30. The van der Waals surface area contributed by atoms with Crippen molar-refractivity contribution < 1.29 is 97.6 Å². The first-order valence-corrected chi connectivity index (χ1v) is 31.4. The Morgan fingerprint density at radius 2 is 1.20 bits per heavy atom. The maximum absolute atomic E-state index is 13.0. The highest BCUT2D eigenvalue weighted by Gasteiger charge is 2.44. The molecule has 0 spiro atoms. The second-order valence-corrected chi connectivity index (χ2v) is 24.0. The zero-order valence-corrected chi connectivity index (χ0v) is 51.8. The summed E-state index contributed by atoms with van der Waals surface area (Å²) in [6.45, 7) is 20.5. The number of phenols is 1. The lowest BCUT2D eigenvalue weighted by Gasteiger charge is -2.30. The standard InChI is InChI=1S/C59H89N3O21S2/c1-46(58(2,3)4)43-47(11-8-12-54-59(5,20-9-13-57(66)83-62-55(64)18-19-56(62)65)51-45-49(85(70,71)72)15-17-52(51)61(54)21-10-42-84(67,68)69)50-16-14-48(44-53(50)63)60(22-24-75-30-32-79-38-40-81-36-34-77-28-26-73-6)23-25-76-31-33-80-39-41-82-37-35-78-29-27-74-7/h8,11-12,14-17,43-45,63H,1,9-10,13,18-42H2,2-7H3,(H,67,68,69)(H,70,71,72)/b11-8+,47-43-,54-12-. The number of hydrogen-bond donors (Lipinski definition) is 3. The number of benzene rings is 2. The van der Waals surface area contributed by atoms with Crippen molar-refractivity contribution in [1.82, 2.24) is 5.06 Å². The van der Waals surface area contributed by atoms with Crippen LogP contribution in [0.1, 0.15) is 77.3 Å². The third kappa shape index (κ3) is 26.0. The van der Waals surface area contributed by atoms with E-state index >= 15 is 0 Å². The summed E-state index contributed by atoms with van der Waals surface area (Å²) in [6.07, 6.45) is 6.87. The smallest absolute Gasteiger partial charge is 0.333 e. The van der Waals surface area contributed by atoms with Crippen LogP contribution in [0.4, 0.5) is 11.4 Å². The van der Waals surface area contributed by atoms with Crippen molar-refractivity contribution in [3.63, 3.8) is 0 Å². The van der Waals surface area contributed by atoms with E-state index in [1.807, 2.05) is 37.8 Å². The lowest BCUT2D eigenvalue weighted by Crippen LogP contribution is -2.32. The van der Waals surface area contributed by atoms with Gasteiger partial charge in [-0.3, -0.25) is 18.7 Å². The molecule has 2 aromatic carbocycles. The fraction of sp³-hybridized carbons (Fsp3) is 0.610. The summed E-state index contributed by atoms with van der Waals surface area (Å²) < 4.78 is 124. The van der Waals surface area contributed by atoms with Gasteiger partial charge in [-0.05, 0) is 84.7 Å². The van der Waals surface area contributed by atoms with E-state index in [2.05, 4.69) is 6.58 Å². The molecule has 2 amide bonds. The zero-order valence-electron chi connectivity index (χ0n) is 50.1. The van der Waals surface area contributed by atoms with Gasteiger partial charge in [-0.2, -0.15) is 16.8 Å². The van der Waals surface area contributed by atoms with Gasteiger partial charge in [-0.15, -0.1) is 5.06 Å². The van der Waals surface area contributed by atoms with E-state index in [1.165, 1.54) is 18.2 Å². The molecule has 0 aromatic heterocycles. The van der Waals surface area contributed by atoms with Crippen LogP contribution in [0.5, 0.6) is 5.75 Å². The minimum atomic E-state index is -4.72. The summed E-state index contributed by atoms with van der Waals surface area (Å²) in [7, 11) is -5.88. The maximum atomic E-state index is 13.0. The average Bonchev–Trinajstić information content (AvgIpc) is 1.67. The van der Waals surface area contributed by atoms with Gasteiger partial charge in [0.15, 0.2) is 0 Å². The Labute approximate surface area is 501 Å². The van der Waals surface area contributed by atoms with Gasteiger partial charge in [0, 0.05) is 87.2 Å². The molecule has 26 heteroatoms. The molecule has 2 aromatic rings. The van der Waals surface area contributed by atoms with Gasteiger partial charge < -0.3 is 67.1 Å². The second-order valence-electron chi connectivity index (χ2n) is 21.0. The number of methoxy groups -OCH3 is 2. The number of amides is 2. The molecule has 478 valence electrons. The number of carbonyl (C=O) groups excluding carboxylic acids is 3. The van der Waals surface area contributed by atoms with E-state index in [-0.39, 0.29) is 50.8 Å². The predicted molar refractivity (Wildman–Crippen MR) is 317 cm³/mol. The van der Waals surface area contributed by atoms with Gasteiger partial charge in [0.2, 0.25) is 0 Å². The quantitative estimate of drug-likeness (QED) is 0.0291. The molecule has 4 rings (SSSR count). The Balaban J connectivity index is 1.60. The number of nitrogens with zero attached hydrogens (tertiary/aromatic N) is 3. The van der Waals surface area contributed by atoms with Crippen LogP contribution in [0.3, 0.4) is 0 Å². The number of anilines is 2. The molecule has 0 aliphatic carbocycles. The molecular formula is C59H89N3O21S2. The Kier molecular flexibility index (Phi) is 31.9. The summed E-state index contributed by atoms with van der Waals surface area (Å²) in [5.74, 6) is -2.77. The van der Waals surface area contributed by atoms with Crippen molar-refractivity contribution in [3.05, 3.63) is 89.7 Å². The lowest BCUT2D eigenvalue weighted by molar-refractivity contribution is -0.197. The summed E-state index contributed by atoms with van der Waals surface area (Å²) in [5, 5.41) is 12.4. The van der Waals surface area contributed by atoms with Gasteiger partial charge in [-0.1, -0.05) is 45.6 Å². The molecular weight excluding hydrogens is 1150 g/mol. The number of aromatic hydroxyl groups is 1. The van der Waals surface area contributed by atoms with Crippen molar-refractivity contribution >= 4 is 55.0 Å². The highest BCUT2D eigenvalue weighted by molar-refractivity contribution is 7.86. The van der Waals surface area contributed by atoms with Crippen LogP contribution in [0.2, 0.25) is 0 Å². The first-order valence-electron chi connectivity index (χ1n) is 28.4. The number of rotatable bonds is 45. The van der Waals surface area contributed by atoms with Crippen LogP contribution in [0, 0.1) is 5.41 Å². The van der Waals surface area contributed by atoms with Crippen LogP contribution in [0.25, 0.3) is 5.57 Å². The number of hydroxylamine groups is 2. The first-order chi connectivity index (χ1) is 40.5. The molecule has 3 N–H and O–H groups in total. The third-order valence-electron chi connectivity index (χ3n) is 13.6. The van der Waals surface area contributed by atoms with E-state index in [1.54, 1.807) is 56.4 Å². The maximum Gasteiger partial charge on any atom is 0.333 e. The Hall–Kier alpha value is -5.17. The van der Waals surface area contributed by atoms with Crippen LogP contribution >= 0.6 is 0 Å². The lowest BCUT2D eigenvalue weighted by atomic mass is 9.77. The third-order valence-corrected chi connectivity index (χ3v) is 15.3. The molecule has 85 heavy (non-hydrogen) atoms. The first kappa shape index (κ1) is 72.3. The zero-order chi connectivity index (χ0) is 62.3. The topological polar surface area (TPSA) is 291 Å². The van der Waals surface area contributed by atoms with E-state index in [9.17, 15) is 45.4 Å². The van der Waals surface area contributed by atoms with Gasteiger partial charge in [-0.25, -0.2) is 4.79 Å². The number of ether oxygens (including phenoxy) is 10. The van der Waals surface area contributed by atoms with Crippen LogP contribution in [-0.2, 0) is 92.2 Å². The van der Waals surface area contributed by atoms with E-state index < -0.39 is 59.5 Å². The minimum Gasteiger partial charge on any atom is -0.507 e. The van der Waals surface area contributed by atoms with Crippen LogP contribution < -0.4 is 9.80 Å². The highest BCUT2D eigenvalue weighted by atomic mass is 32.2. The summed E-state index contributed by atoms with van der Waals surface area (Å²) >= 11 is 0. The van der Waals surface area contributed by atoms with Gasteiger partial charge in [0.05, 0.1) is 130 Å². The molecule has 0 bridgehead atoms. The number of imide groups is 1. The Morgan fingerprint density at radius 3 is 1.66 bits per heavy atom. The molecule has 0 radical (unpaired) electrons. The number of phenolic OH excluding ortho intramolecular Hbond substituents is 1. The molecule has 1 saturated heterocycles. The average molecular weight is 1240 g/mol. The van der Waals surface area contributed by atoms with Crippen molar-refractivity contribution in [2.45, 2.75) is 76.5 Å². The molecule has 1 fully saturated rings. The molecule has 1 unspecified atom stereocenters. The molecule has 24 nitrogen and oxygen atoms in total. The molecule has 2 heterocycles. The van der Waals surface area contributed by atoms with Crippen molar-refractivity contribution in [3.8, 4) is 5.75 Å². The number of hydrogen-bond acceptors (Lipinski definition) is 21. The van der Waals surface area contributed by atoms with Crippen LogP contribution in [0.15, 0.2) is 83.4 Å². The monoisotopic (exact) mass is 1240 g/mol. The van der Waals surface area contributed by atoms with Gasteiger partial charge >= 0.3 is 5.97 Å². The predicted octanol–water partition coefficient (Wildman–Crippen LogP) is 6.13. The summed E-state index contributed by atoms with van der Waals surface area (Å²) in [4.78, 5) is 46.0. The fourth-order valence-corrected chi connectivity index (χ4v) is 9.84. The second kappa shape index (κ2) is 37.5. The highest BCUT2D eigenvalue weighted by Crippen LogP contribution is 2.51. The SMILES string of the molecule is C=C(/C=C(/C=C/C=C1\N(CCCS(=O)(=O)O)c2ccc(S(=O)(=O)O)cc2C1(C)CCCC(=O)ON1C(=O)CCC1=O)c1ccc(N(CCOCCOCCOCCOCCOC)CCOCCOCCOCCOCCOC)cc1O)C(C)(C)C. The minimum absolute atomic E-state index is 0.0272. The number of fused-ring (bicyclic) bond motifs is 1. The largest absolute Gasteiger partial charge is 0.507 e. The molecule has 0 saturated carbocycles. The van der Waals surface area contributed by atoms with Crippen molar-refractivity contribution in [1.29, 1.82) is 0 Å². The van der Waals surface area contributed by atoms with E-state index in [4.69, 9.17) is 52.2 Å². The Morgan fingerprint density at radius 1 is 0.706 bits per heavy atom. The van der Waals surface area contributed by atoms with Crippen molar-refractivity contribution in [2.24, 2.45) is 5.41 Å². The van der Waals surface area contributed by atoms with E-state index in [0.717, 1.165) is 5.57 Å². The Bertz CT molecular complexity index is 2700.